The lowest BCUT2D eigenvalue weighted by Crippen LogP contribution is -2.42. The lowest BCUT2D eigenvalue weighted by Gasteiger charge is -2.30. The smallest absolute Gasteiger partial charge is 0.336 e. The summed E-state index contributed by atoms with van der Waals surface area (Å²) in [6.07, 6.45) is 1.01. The molecular weight excluding hydrogens is 458 g/mol. The molecule has 8 nitrogen and oxygen atoms in total. The predicted octanol–water partition coefficient (Wildman–Crippen LogP) is 3.30. The molecule has 0 unspecified atom stereocenters. The molecule has 1 fully saturated rings. The van der Waals surface area contributed by atoms with Crippen molar-refractivity contribution in [3.05, 3.63) is 69.5 Å². The number of ether oxygens (including phenoxy) is 1. The van der Waals surface area contributed by atoms with E-state index in [0.717, 1.165) is 0 Å². The van der Waals surface area contributed by atoms with Crippen LogP contribution in [0.3, 0.4) is 0 Å². The van der Waals surface area contributed by atoms with Gasteiger partial charge in [-0.05, 0) is 49.2 Å². The number of aromatic hydroxyl groups is 1. The molecule has 1 aliphatic heterocycles. The summed E-state index contributed by atoms with van der Waals surface area (Å²) >= 11 is 5.84. The zero-order valence-corrected chi connectivity index (χ0v) is 18.4. The maximum atomic E-state index is 12.9. The molecule has 1 saturated heterocycles. The van der Waals surface area contributed by atoms with E-state index in [0.29, 0.717) is 35.4 Å². The van der Waals surface area contributed by atoms with Gasteiger partial charge in [-0.2, -0.15) is 4.31 Å². The molecule has 0 saturated carbocycles. The van der Waals surface area contributed by atoms with Gasteiger partial charge in [0.05, 0.1) is 10.8 Å². The van der Waals surface area contributed by atoms with E-state index in [4.69, 9.17) is 20.8 Å². The number of phenols is 1. The summed E-state index contributed by atoms with van der Waals surface area (Å²) in [6.45, 7) is 0.143. The lowest BCUT2D eigenvalue weighted by atomic mass is 10.00. The minimum atomic E-state index is -3.76. The minimum Gasteiger partial charge on any atom is -0.508 e. The molecule has 0 spiro atoms. The van der Waals surface area contributed by atoms with Crippen molar-refractivity contribution in [3.8, 4) is 5.75 Å². The monoisotopic (exact) mass is 477 g/mol. The Labute approximate surface area is 189 Å². The molecule has 1 aromatic heterocycles. The molecule has 1 N–H and O–H groups in total. The van der Waals surface area contributed by atoms with Crippen molar-refractivity contribution >= 4 is 38.6 Å². The van der Waals surface area contributed by atoms with Crippen LogP contribution in [0.1, 0.15) is 18.4 Å². The standard InChI is InChI=1S/C22H20ClNO7S/c23-16-3-6-18(7-4-16)32(28,29)24-9-1-2-14(12-24)22(27)30-13-15-10-21(26)31-20-11-17(25)5-8-19(15)20/h3-8,10-11,14,25H,1-2,9,12-13H2/t14-/m0/s1. The second-order valence-corrected chi connectivity index (χ2v) is 9.91. The number of esters is 1. The first-order chi connectivity index (χ1) is 15.2. The van der Waals surface area contributed by atoms with Gasteiger partial charge in [0, 0.05) is 41.2 Å². The van der Waals surface area contributed by atoms with E-state index >= 15 is 0 Å². The normalized spacial score (nSPS) is 17.3. The van der Waals surface area contributed by atoms with Crippen molar-refractivity contribution in [2.45, 2.75) is 24.3 Å². The molecule has 0 bridgehead atoms. The highest BCUT2D eigenvalue weighted by Gasteiger charge is 2.34. The van der Waals surface area contributed by atoms with Gasteiger partial charge in [-0.25, -0.2) is 13.2 Å². The molecule has 4 rings (SSSR count). The van der Waals surface area contributed by atoms with Crippen LogP contribution in [0, 0.1) is 5.92 Å². The van der Waals surface area contributed by atoms with Gasteiger partial charge in [-0.15, -0.1) is 0 Å². The fraction of sp³-hybridized carbons (Fsp3) is 0.273. The van der Waals surface area contributed by atoms with Gasteiger partial charge in [-0.3, -0.25) is 4.79 Å². The molecule has 3 aromatic rings. The molecule has 2 aromatic carbocycles. The Morgan fingerprint density at radius 2 is 1.94 bits per heavy atom. The third-order valence-electron chi connectivity index (χ3n) is 5.35. The Bertz CT molecular complexity index is 1320. The third kappa shape index (κ3) is 4.64. The Morgan fingerprint density at radius 3 is 2.69 bits per heavy atom. The number of sulfonamides is 1. The van der Waals surface area contributed by atoms with Crippen molar-refractivity contribution in [3.63, 3.8) is 0 Å². The van der Waals surface area contributed by atoms with E-state index in [2.05, 4.69) is 0 Å². The summed E-state index contributed by atoms with van der Waals surface area (Å²) in [6, 6.07) is 11.4. The Kier molecular flexibility index (Phi) is 6.23. The fourth-order valence-corrected chi connectivity index (χ4v) is 5.36. The molecule has 1 atom stereocenters. The summed E-state index contributed by atoms with van der Waals surface area (Å²) < 4.78 is 37.6. The highest BCUT2D eigenvalue weighted by Crippen LogP contribution is 2.27. The van der Waals surface area contributed by atoms with Crippen molar-refractivity contribution < 1.29 is 27.5 Å². The molecular formula is C22H20ClNO7S. The molecule has 32 heavy (non-hydrogen) atoms. The predicted molar refractivity (Wildman–Crippen MR) is 117 cm³/mol. The first-order valence-electron chi connectivity index (χ1n) is 9.92. The van der Waals surface area contributed by atoms with Crippen LogP contribution in [0.2, 0.25) is 5.02 Å². The van der Waals surface area contributed by atoms with Crippen LogP contribution in [0.25, 0.3) is 11.0 Å². The van der Waals surface area contributed by atoms with Crippen molar-refractivity contribution in [2.75, 3.05) is 13.1 Å². The zero-order valence-electron chi connectivity index (χ0n) is 16.9. The van der Waals surface area contributed by atoms with Crippen LogP contribution in [0.15, 0.2) is 62.6 Å². The molecule has 0 aliphatic carbocycles. The number of phenolic OH excluding ortho intramolecular Hbond substituents is 1. The van der Waals surface area contributed by atoms with E-state index < -0.39 is 27.5 Å². The van der Waals surface area contributed by atoms with Crippen LogP contribution >= 0.6 is 11.6 Å². The highest BCUT2D eigenvalue weighted by molar-refractivity contribution is 7.89. The number of carbonyl (C=O) groups is 1. The number of piperidine rings is 1. The van der Waals surface area contributed by atoms with Crippen molar-refractivity contribution in [1.82, 2.24) is 4.31 Å². The Hall–Kier alpha value is -2.88. The van der Waals surface area contributed by atoms with Gasteiger partial charge in [0.25, 0.3) is 0 Å². The van der Waals surface area contributed by atoms with Crippen LogP contribution in [-0.2, 0) is 26.2 Å². The van der Waals surface area contributed by atoms with E-state index in [1.165, 1.54) is 46.8 Å². The number of fused-ring (bicyclic) bond motifs is 1. The molecule has 1 aliphatic rings. The third-order valence-corrected chi connectivity index (χ3v) is 7.48. The van der Waals surface area contributed by atoms with Crippen molar-refractivity contribution in [2.24, 2.45) is 5.92 Å². The highest BCUT2D eigenvalue weighted by atomic mass is 35.5. The van der Waals surface area contributed by atoms with Gasteiger partial charge in [0.2, 0.25) is 10.0 Å². The van der Waals surface area contributed by atoms with E-state index in [9.17, 15) is 23.1 Å². The van der Waals surface area contributed by atoms with Gasteiger partial charge >= 0.3 is 11.6 Å². The zero-order chi connectivity index (χ0) is 22.9. The summed E-state index contributed by atoms with van der Waals surface area (Å²) in [7, 11) is -3.76. The SMILES string of the molecule is O=C(OCc1cc(=O)oc2cc(O)ccc12)[C@H]1CCCN(S(=O)(=O)c2ccc(Cl)cc2)C1. The van der Waals surface area contributed by atoms with Gasteiger partial charge in [-0.1, -0.05) is 11.6 Å². The molecule has 2 heterocycles. The fourth-order valence-electron chi connectivity index (χ4n) is 3.71. The number of rotatable bonds is 5. The Balaban J connectivity index is 1.47. The number of hydrogen-bond donors (Lipinski definition) is 1. The summed E-state index contributed by atoms with van der Waals surface area (Å²) in [4.78, 5) is 24.6. The molecule has 168 valence electrons. The number of halogens is 1. The lowest BCUT2D eigenvalue weighted by molar-refractivity contribution is -0.151. The maximum Gasteiger partial charge on any atom is 0.336 e. The summed E-state index contributed by atoms with van der Waals surface area (Å²) in [5, 5.41) is 10.5. The maximum absolute atomic E-state index is 12.9. The Morgan fingerprint density at radius 1 is 1.19 bits per heavy atom. The quantitative estimate of drug-likeness (QED) is 0.443. The number of hydrogen-bond acceptors (Lipinski definition) is 7. The van der Waals surface area contributed by atoms with Crippen LogP contribution < -0.4 is 5.63 Å². The first kappa shape index (κ1) is 22.3. The van der Waals surface area contributed by atoms with E-state index in [-0.39, 0.29) is 29.4 Å². The van der Waals surface area contributed by atoms with Crippen molar-refractivity contribution in [1.29, 1.82) is 0 Å². The molecule has 0 radical (unpaired) electrons. The number of carbonyl (C=O) groups excluding carboxylic acids is 1. The first-order valence-corrected chi connectivity index (χ1v) is 11.7. The summed E-state index contributed by atoms with van der Waals surface area (Å²) in [5.74, 6) is -1.22. The number of nitrogens with zero attached hydrogens (tertiary/aromatic N) is 1. The summed E-state index contributed by atoms with van der Waals surface area (Å²) in [5.41, 5.74) is -0.0143. The molecule has 10 heteroatoms. The van der Waals surface area contributed by atoms with Crippen LogP contribution in [0.4, 0.5) is 0 Å². The van der Waals surface area contributed by atoms with Crippen LogP contribution in [-0.4, -0.2) is 36.9 Å². The number of benzene rings is 2. The largest absolute Gasteiger partial charge is 0.508 e. The van der Waals surface area contributed by atoms with Gasteiger partial charge in [0.1, 0.15) is 17.9 Å². The van der Waals surface area contributed by atoms with Crippen LogP contribution in [0.5, 0.6) is 5.75 Å². The van der Waals surface area contributed by atoms with Gasteiger partial charge in [0.15, 0.2) is 0 Å². The van der Waals surface area contributed by atoms with E-state index in [1.54, 1.807) is 6.07 Å². The molecule has 0 amide bonds. The second kappa shape index (κ2) is 8.93. The average Bonchev–Trinajstić information content (AvgIpc) is 2.77. The van der Waals surface area contributed by atoms with E-state index in [1.807, 2.05) is 0 Å². The topological polar surface area (TPSA) is 114 Å². The minimum absolute atomic E-state index is 0.00927. The average molecular weight is 478 g/mol. The second-order valence-electron chi connectivity index (χ2n) is 7.53. The van der Waals surface area contributed by atoms with Gasteiger partial charge < -0.3 is 14.3 Å².